The number of hydrogen-bond acceptors (Lipinski definition) is 7. The fourth-order valence-corrected chi connectivity index (χ4v) is 2.94. The number of anilines is 1. The van der Waals surface area contributed by atoms with Gasteiger partial charge in [0.15, 0.2) is 0 Å². The first-order valence-electron chi connectivity index (χ1n) is 9.85. The Labute approximate surface area is 195 Å². The van der Waals surface area contributed by atoms with Crippen LogP contribution >= 0.6 is 11.6 Å². The number of nitro benzene ring substituents is 1. The SMILES string of the molecule is Cc1cc([N+](=O)[O-])ccc1NC(=O)OCCc1ccc(OB(O)Oc2ccc(Cl)cc2)cc1. The van der Waals surface area contributed by atoms with Gasteiger partial charge < -0.3 is 19.1 Å². The highest BCUT2D eigenvalue weighted by Crippen LogP contribution is 2.21. The van der Waals surface area contributed by atoms with E-state index in [9.17, 15) is 19.9 Å². The Hall–Kier alpha value is -3.76. The van der Waals surface area contributed by atoms with E-state index in [0.717, 1.165) is 5.56 Å². The second kappa shape index (κ2) is 11.2. The number of halogens is 1. The maximum atomic E-state index is 12.0. The van der Waals surface area contributed by atoms with E-state index in [4.69, 9.17) is 25.6 Å². The van der Waals surface area contributed by atoms with Gasteiger partial charge in [-0.05, 0) is 60.5 Å². The van der Waals surface area contributed by atoms with Gasteiger partial charge in [-0.2, -0.15) is 0 Å². The van der Waals surface area contributed by atoms with E-state index in [1.807, 2.05) is 0 Å². The molecule has 0 unspecified atom stereocenters. The number of rotatable bonds is 9. The third-order valence-corrected chi connectivity index (χ3v) is 4.74. The predicted octanol–water partition coefficient (Wildman–Crippen LogP) is 4.78. The Morgan fingerprint density at radius 2 is 1.67 bits per heavy atom. The number of benzene rings is 3. The zero-order valence-electron chi connectivity index (χ0n) is 17.6. The molecule has 0 heterocycles. The second-order valence-corrected chi connectivity index (χ2v) is 7.34. The molecular formula is C22H20BClN2O7. The summed E-state index contributed by atoms with van der Waals surface area (Å²) in [6, 6.07) is 17.5. The Balaban J connectivity index is 1.42. The number of aryl methyl sites for hydroxylation is 1. The van der Waals surface area contributed by atoms with E-state index in [-0.39, 0.29) is 12.3 Å². The van der Waals surface area contributed by atoms with E-state index in [1.165, 1.54) is 18.2 Å². The molecule has 2 N–H and O–H groups in total. The summed E-state index contributed by atoms with van der Waals surface area (Å²) in [5.74, 6) is 0.801. The molecule has 3 aromatic carbocycles. The molecule has 11 heteroatoms. The molecule has 0 aliphatic rings. The average molecular weight is 471 g/mol. The maximum Gasteiger partial charge on any atom is 0.785 e. The highest BCUT2D eigenvalue weighted by molar-refractivity contribution is 6.36. The molecule has 170 valence electrons. The quantitative estimate of drug-likeness (QED) is 0.262. The number of ether oxygens (including phenoxy) is 1. The van der Waals surface area contributed by atoms with Crippen LogP contribution in [-0.2, 0) is 11.2 Å². The standard InChI is InChI=1S/C22H20BClN2O7/c1-15-14-18(26(29)30)6-11-21(15)25-22(27)31-13-12-16-2-7-19(8-3-16)32-23(28)33-20-9-4-17(24)5-10-20/h2-11,14,28H,12-13H2,1H3,(H,25,27). The van der Waals surface area contributed by atoms with Gasteiger partial charge in [0.1, 0.15) is 11.5 Å². The molecule has 1 amide bonds. The molecule has 3 aromatic rings. The van der Waals surface area contributed by atoms with Crippen LogP contribution in [-0.4, -0.2) is 30.0 Å². The molecule has 0 bridgehead atoms. The van der Waals surface area contributed by atoms with Crippen molar-refractivity contribution in [1.82, 2.24) is 0 Å². The van der Waals surface area contributed by atoms with Gasteiger partial charge >= 0.3 is 13.4 Å². The van der Waals surface area contributed by atoms with Crippen molar-refractivity contribution < 1.29 is 28.8 Å². The first-order valence-corrected chi connectivity index (χ1v) is 10.2. The van der Waals surface area contributed by atoms with Gasteiger partial charge in [0.2, 0.25) is 0 Å². The van der Waals surface area contributed by atoms with Crippen LogP contribution in [0.4, 0.5) is 16.2 Å². The van der Waals surface area contributed by atoms with Crippen LogP contribution in [0.5, 0.6) is 11.5 Å². The first kappa shape index (κ1) is 23.9. The lowest BCUT2D eigenvalue weighted by molar-refractivity contribution is -0.384. The van der Waals surface area contributed by atoms with Gasteiger partial charge in [0.25, 0.3) is 5.69 Å². The normalized spacial score (nSPS) is 10.3. The number of non-ortho nitro benzene ring substituents is 1. The summed E-state index contributed by atoms with van der Waals surface area (Å²) >= 11 is 5.80. The zero-order valence-corrected chi connectivity index (χ0v) is 18.3. The summed E-state index contributed by atoms with van der Waals surface area (Å²) in [5.41, 5.74) is 1.82. The van der Waals surface area contributed by atoms with E-state index in [2.05, 4.69) is 5.32 Å². The van der Waals surface area contributed by atoms with Crippen molar-refractivity contribution >= 4 is 36.4 Å². The lowest BCUT2D eigenvalue weighted by Gasteiger charge is -2.12. The van der Waals surface area contributed by atoms with Crippen molar-refractivity contribution in [2.45, 2.75) is 13.3 Å². The zero-order chi connectivity index (χ0) is 23.8. The maximum absolute atomic E-state index is 12.0. The highest BCUT2D eigenvalue weighted by Gasteiger charge is 2.21. The van der Waals surface area contributed by atoms with Crippen LogP contribution in [0.2, 0.25) is 5.02 Å². The predicted molar refractivity (Wildman–Crippen MR) is 124 cm³/mol. The van der Waals surface area contributed by atoms with Crippen LogP contribution < -0.4 is 14.6 Å². The molecule has 0 radical (unpaired) electrons. The lowest BCUT2D eigenvalue weighted by Crippen LogP contribution is -2.29. The number of carbonyl (C=O) groups is 1. The topological polar surface area (TPSA) is 120 Å². The molecule has 0 saturated heterocycles. The van der Waals surface area contributed by atoms with Crippen LogP contribution in [0.1, 0.15) is 11.1 Å². The van der Waals surface area contributed by atoms with Crippen molar-refractivity contribution in [2.75, 3.05) is 11.9 Å². The molecule has 0 saturated carbocycles. The third-order valence-electron chi connectivity index (χ3n) is 4.49. The molecule has 0 aliphatic heterocycles. The summed E-state index contributed by atoms with van der Waals surface area (Å²) < 4.78 is 15.7. The van der Waals surface area contributed by atoms with E-state index in [0.29, 0.717) is 34.2 Å². The third kappa shape index (κ3) is 7.41. The first-order chi connectivity index (χ1) is 15.8. The molecule has 0 atom stereocenters. The smallest absolute Gasteiger partial charge is 0.501 e. The van der Waals surface area contributed by atoms with Crippen molar-refractivity contribution in [3.63, 3.8) is 0 Å². The minimum Gasteiger partial charge on any atom is -0.501 e. The summed E-state index contributed by atoms with van der Waals surface area (Å²) in [4.78, 5) is 22.3. The van der Waals surface area contributed by atoms with Gasteiger partial charge in [-0.1, -0.05) is 23.7 Å². The number of carbonyl (C=O) groups excluding carboxylic acids is 1. The Bertz CT molecular complexity index is 1110. The van der Waals surface area contributed by atoms with Crippen LogP contribution in [0.3, 0.4) is 0 Å². The summed E-state index contributed by atoms with van der Waals surface area (Å²) in [6.45, 7) is 1.78. The fraction of sp³-hybridized carbons (Fsp3) is 0.136. The summed E-state index contributed by atoms with van der Waals surface area (Å²) in [5, 5.41) is 23.8. The van der Waals surface area contributed by atoms with Gasteiger partial charge in [-0.25, -0.2) is 4.79 Å². The largest absolute Gasteiger partial charge is 0.785 e. The number of hydrogen-bond donors (Lipinski definition) is 2. The summed E-state index contributed by atoms with van der Waals surface area (Å²) in [6.07, 6.45) is -0.203. The number of amides is 1. The monoisotopic (exact) mass is 470 g/mol. The van der Waals surface area contributed by atoms with Crippen LogP contribution in [0.25, 0.3) is 0 Å². The van der Waals surface area contributed by atoms with Gasteiger partial charge in [-0.15, -0.1) is 0 Å². The van der Waals surface area contributed by atoms with Crippen molar-refractivity contribution in [3.05, 3.63) is 93.0 Å². The van der Waals surface area contributed by atoms with E-state index < -0.39 is 18.3 Å². The highest BCUT2D eigenvalue weighted by atomic mass is 35.5. The molecular weight excluding hydrogens is 451 g/mol. The lowest BCUT2D eigenvalue weighted by atomic mass is 10.1. The summed E-state index contributed by atoms with van der Waals surface area (Å²) in [7, 11) is -1.49. The van der Waals surface area contributed by atoms with E-state index in [1.54, 1.807) is 55.5 Å². The van der Waals surface area contributed by atoms with Crippen molar-refractivity contribution in [1.29, 1.82) is 0 Å². The van der Waals surface area contributed by atoms with Crippen molar-refractivity contribution in [2.24, 2.45) is 0 Å². The molecule has 9 nitrogen and oxygen atoms in total. The fourth-order valence-electron chi connectivity index (χ4n) is 2.81. The Kier molecular flexibility index (Phi) is 8.12. The molecule has 0 aromatic heterocycles. The van der Waals surface area contributed by atoms with Gasteiger partial charge in [0.05, 0.1) is 11.5 Å². The van der Waals surface area contributed by atoms with Gasteiger partial charge in [-0.3, -0.25) is 15.4 Å². The number of nitro groups is 1. The number of nitrogens with one attached hydrogen (secondary N) is 1. The molecule has 33 heavy (non-hydrogen) atoms. The van der Waals surface area contributed by atoms with Crippen LogP contribution in [0, 0.1) is 17.0 Å². The molecule has 0 aliphatic carbocycles. The van der Waals surface area contributed by atoms with Crippen LogP contribution in [0.15, 0.2) is 66.7 Å². The van der Waals surface area contributed by atoms with Crippen molar-refractivity contribution in [3.8, 4) is 11.5 Å². The van der Waals surface area contributed by atoms with Gasteiger partial charge in [0, 0.05) is 29.3 Å². The molecule has 0 fully saturated rings. The van der Waals surface area contributed by atoms with E-state index >= 15 is 0 Å². The average Bonchev–Trinajstić information content (AvgIpc) is 2.78. The minimum absolute atomic E-state index is 0.0529. The molecule has 3 rings (SSSR count). The Morgan fingerprint density at radius 1 is 1.06 bits per heavy atom. The number of nitrogens with zero attached hydrogens (tertiary/aromatic N) is 1. The Morgan fingerprint density at radius 3 is 2.24 bits per heavy atom. The second-order valence-electron chi connectivity index (χ2n) is 6.91. The molecule has 0 spiro atoms. The minimum atomic E-state index is -1.49.